The van der Waals surface area contributed by atoms with E-state index in [-0.39, 0.29) is 28.5 Å². The fourth-order valence-corrected chi connectivity index (χ4v) is 5.06. The number of ketones is 1. The van der Waals surface area contributed by atoms with E-state index < -0.39 is 47.2 Å². The lowest BCUT2D eigenvalue weighted by Crippen LogP contribution is -2.57. The number of hydrogen-bond acceptors (Lipinski definition) is 4. The number of hydrazine groups is 1. The molecule has 1 aliphatic heterocycles. The van der Waals surface area contributed by atoms with E-state index in [0.29, 0.717) is 12.8 Å². The second-order valence-electron chi connectivity index (χ2n) is 8.69. The van der Waals surface area contributed by atoms with Gasteiger partial charge in [-0.1, -0.05) is 35.4 Å². The third-order valence-corrected chi connectivity index (χ3v) is 6.98. The number of amides is 3. The summed E-state index contributed by atoms with van der Waals surface area (Å²) < 4.78 is 13.5. The number of hydrogen-bond donors (Lipinski definition) is 0. The number of allylic oxidation sites excluding steroid dienone is 2. The molecule has 9 heteroatoms. The second kappa shape index (κ2) is 10.3. The molecular formula is C26H23Cl2FN2O4. The number of rotatable bonds is 7. The minimum absolute atomic E-state index is 0.0328. The largest absolute Gasteiger partial charge is 0.292 e. The van der Waals surface area contributed by atoms with E-state index >= 15 is 0 Å². The molecule has 1 saturated heterocycles. The lowest BCUT2D eigenvalue weighted by atomic mass is 9.82. The molecule has 1 fully saturated rings. The van der Waals surface area contributed by atoms with Gasteiger partial charge in [-0.3, -0.25) is 19.2 Å². The zero-order valence-electron chi connectivity index (χ0n) is 18.9. The number of carbonyl (C=O) groups is 4. The predicted octanol–water partition coefficient (Wildman–Crippen LogP) is 5.06. The number of nitrogens with zero attached hydrogens (tertiary/aromatic N) is 2. The number of alkyl halides is 1. The van der Waals surface area contributed by atoms with Gasteiger partial charge in [-0.2, -0.15) is 5.01 Å². The van der Waals surface area contributed by atoms with Crippen molar-refractivity contribution in [3.05, 3.63) is 82.1 Å². The van der Waals surface area contributed by atoms with Crippen LogP contribution in [0.4, 0.5) is 4.39 Å². The molecule has 0 spiro atoms. The minimum Gasteiger partial charge on any atom is -0.292 e. The summed E-state index contributed by atoms with van der Waals surface area (Å²) in [6.45, 7) is 1.89. The van der Waals surface area contributed by atoms with Crippen molar-refractivity contribution in [3.63, 3.8) is 0 Å². The van der Waals surface area contributed by atoms with E-state index in [0.717, 1.165) is 27.7 Å². The number of Topliss-reactive ketones (excluding diaryl/α,β-unsaturated/α-hetero) is 1. The average Bonchev–Trinajstić information content (AvgIpc) is 3.08. The lowest BCUT2D eigenvalue weighted by molar-refractivity contribution is -0.156. The Labute approximate surface area is 212 Å². The quantitative estimate of drug-likeness (QED) is 0.223. The first-order chi connectivity index (χ1) is 16.7. The van der Waals surface area contributed by atoms with Gasteiger partial charge in [0.1, 0.15) is 11.9 Å². The predicted molar refractivity (Wildman–Crippen MR) is 129 cm³/mol. The van der Waals surface area contributed by atoms with E-state index in [1.807, 2.05) is 13.0 Å². The monoisotopic (exact) mass is 516 g/mol. The molecule has 2 aliphatic rings. The molecule has 1 heterocycles. The summed E-state index contributed by atoms with van der Waals surface area (Å²) in [5.74, 6) is -4.24. The zero-order valence-corrected chi connectivity index (χ0v) is 20.4. The Hall–Kier alpha value is -3.03. The third-order valence-electron chi connectivity index (χ3n) is 6.44. The molecule has 182 valence electrons. The molecule has 0 bridgehead atoms. The van der Waals surface area contributed by atoms with E-state index in [9.17, 15) is 23.6 Å². The molecule has 0 aromatic heterocycles. The molecule has 0 radical (unpaired) electrons. The van der Waals surface area contributed by atoms with Gasteiger partial charge >= 0.3 is 0 Å². The van der Waals surface area contributed by atoms with Gasteiger partial charge < -0.3 is 0 Å². The van der Waals surface area contributed by atoms with Crippen LogP contribution in [0.25, 0.3) is 0 Å². The minimum atomic E-state index is -1.29. The van der Waals surface area contributed by atoms with Gasteiger partial charge in [0.2, 0.25) is 0 Å². The number of fused-ring (bicyclic) bond motifs is 1. The first-order valence-electron chi connectivity index (χ1n) is 11.2. The van der Waals surface area contributed by atoms with Crippen molar-refractivity contribution in [2.45, 2.75) is 32.2 Å². The van der Waals surface area contributed by atoms with Gasteiger partial charge in [-0.15, -0.1) is 11.6 Å². The summed E-state index contributed by atoms with van der Waals surface area (Å²) in [6.07, 6.45) is 2.64. The zero-order chi connectivity index (χ0) is 25.3. The van der Waals surface area contributed by atoms with Crippen molar-refractivity contribution >= 4 is 46.7 Å². The molecule has 0 N–H and O–H groups in total. The first-order valence-corrected chi connectivity index (χ1v) is 12.1. The van der Waals surface area contributed by atoms with Crippen molar-refractivity contribution in [2.24, 2.45) is 11.8 Å². The molecule has 0 unspecified atom stereocenters. The topological polar surface area (TPSA) is 74.8 Å². The SMILES string of the molecule is CC1=CC[C@@H]2C(=O)N(N(C(=O)c3ccccc3Cl)[C@H](CCCl)C(=O)c3ccc(F)cc3)C(=O)[C@H]2C1. The number of carbonyl (C=O) groups excluding carboxylic acids is 4. The van der Waals surface area contributed by atoms with E-state index in [2.05, 4.69) is 0 Å². The molecule has 2 aromatic carbocycles. The van der Waals surface area contributed by atoms with Crippen molar-refractivity contribution < 1.29 is 23.6 Å². The van der Waals surface area contributed by atoms with Crippen LogP contribution in [0.5, 0.6) is 0 Å². The van der Waals surface area contributed by atoms with Crippen molar-refractivity contribution in [2.75, 3.05) is 5.88 Å². The van der Waals surface area contributed by atoms with Gasteiger partial charge in [0, 0.05) is 11.4 Å². The molecule has 35 heavy (non-hydrogen) atoms. The molecule has 6 nitrogen and oxygen atoms in total. The highest BCUT2D eigenvalue weighted by molar-refractivity contribution is 6.34. The van der Waals surface area contributed by atoms with Crippen molar-refractivity contribution in [3.8, 4) is 0 Å². The summed E-state index contributed by atoms with van der Waals surface area (Å²) in [4.78, 5) is 54.4. The van der Waals surface area contributed by atoms with E-state index in [1.165, 1.54) is 24.3 Å². The molecular weight excluding hydrogens is 494 g/mol. The number of benzene rings is 2. The van der Waals surface area contributed by atoms with Crippen LogP contribution in [0.3, 0.4) is 0 Å². The Balaban J connectivity index is 1.82. The second-order valence-corrected chi connectivity index (χ2v) is 9.47. The highest BCUT2D eigenvalue weighted by Gasteiger charge is 2.53. The fourth-order valence-electron chi connectivity index (χ4n) is 4.64. The van der Waals surface area contributed by atoms with Crippen LogP contribution >= 0.6 is 23.2 Å². The van der Waals surface area contributed by atoms with Crippen molar-refractivity contribution in [1.82, 2.24) is 10.0 Å². The molecule has 4 rings (SSSR count). The smallest absolute Gasteiger partial charge is 0.275 e. The normalized spacial score (nSPS) is 20.3. The Bertz CT molecular complexity index is 1210. The Morgan fingerprint density at radius 1 is 1.09 bits per heavy atom. The van der Waals surface area contributed by atoms with Gasteiger partial charge in [0.05, 0.1) is 22.4 Å². The number of imide groups is 1. The molecule has 0 saturated carbocycles. The Kier molecular flexibility index (Phi) is 7.38. The Morgan fingerprint density at radius 2 is 1.74 bits per heavy atom. The van der Waals surface area contributed by atoms with E-state index in [4.69, 9.17) is 23.2 Å². The van der Waals surface area contributed by atoms with Crippen LogP contribution < -0.4 is 0 Å². The van der Waals surface area contributed by atoms with Crippen LogP contribution in [-0.4, -0.2) is 45.4 Å². The molecule has 2 aromatic rings. The molecule has 3 atom stereocenters. The van der Waals surface area contributed by atoms with Crippen LogP contribution in [0, 0.1) is 17.7 Å². The van der Waals surface area contributed by atoms with Crippen LogP contribution in [0.1, 0.15) is 46.9 Å². The van der Waals surface area contributed by atoms with Crippen molar-refractivity contribution in [1.29, 1.82) is 0 Å². The van der Waals surface area contributed by atoms with Gasteiger partial charge in [0.25, 0.3) is 17.7 Å². The maximum Gasteiger partial charge on any atom is 0.275 e. The van der Waals surface area contributed by atoms with Crippen LogP contribution in [0.2, 0.25) is 5.02 Å². The summed E-state index contributed by atoms with van der Waals surface area (Å²) in [5.41, 5.74) is 1.14. The summed E-state index contributed by atoms with van der Waals surface area (Å²) in [5, 5.41) is 1.83. The fraction of sp³-hybridized carbons (Fsp3) is 0.308. The first kappa shape index (κ1) is 25.1. The molecule has 3 amide bonds. The maximum absolute atomic E-state index is 13.8. The highest BCUT2D eigenvalue weighted by Crippen LogP contribution is 2.39. The average molecular weight is 517 g/mol. The molecule has 1 aliphatic carbocycles. The summed E-state index contributed by atoms with van der Waals surface area (Å²) in [7, 11) is 0. The van der Waals surface area contributed by atoms with Gasteiger partial charge in [-0.05, 0) is 62.6 Å². The standard InChI is InChI=1S/C26H23Cl2FN2O4/c1-15-6-11-18-20(14-15)26(35)31(24(18)33)30(25(34)19-4-2-3-5-21(19)28)22(12-13-27)23(32)16-7-9-17(29)10-8-16/h2-10,18,20,22H,11-14H2,1H3/t18-,20-,22+/m0/s1. The van der Waals surface area contributed by atoms with Crippen LogP contribution in [0.15, 0.2) is 60.2 Å². The van der Waals surface area contributed by atoms with E-state index in [1.54, 1.807) is 12.1 Å². The summed E-state index contributed by atoms with van der Waals surface area (Å²) in [6, 6.07) is 9.74. The third kappa shape index (κ3) is 4.75. The number of halogens is 3. The Morgan fingerprint density at radius 3 is 2.40 bits per heavy atom. The van der Waals surface area contributed by atoms with Crippen LogP contribution in [-0.2, 0) is 9.59 Å². The maximum atomic E-state index is 13.8. The highest BCUT2D eigenvalue weighted by atomic mass is 35.5. The lowest BCUT2D eigenvalue weighted by Gasteiger charge is -2.36. The summed E-state index contributed by atoms with van der Waals surface area (Å²) >= 11 is 12.3. The van der Waals surface area contributed by atoms with Gasteiger partial charge in [-0.25, -0.2) is 9.40 Å². The van der Waals surface area contributed by atoms with Gasteiger partial charge in [0.15, 0.2) is 5.78 Å².